The number of hydrogen-bond acceptors (Lipinski definition) is 4. The number of ketones is 1. The molecule has 2 unspecified atom stereocenters. The molecule has 0 saturated carbocycles. The third-order valence-corrected chi connectivity index (χ3v) is 5.39. The van der Waals surface area contributed by atoms with Crippen molar-refractivity contribution >= 4 is 40.4 Å². The molecule has 2 aromatic carbocycles. The number of carbonyl (C=O) groups is 1. The summed E-state index contributed by atoms with van der Waals surface area (Å²) in [7, 11) is 0. The van der Waals surface area contributed by atoms with Crippen molar-refractivity contribution in [2.75, 3.05) is 5.01 Å². The minimum Gasteiger partial charge on any atom is -0.292 e. The minimum absolute atomic E-state index is 0.201. The number of Topliss-reactive ketones (excluding diaryl/α,β-unsaturated/α-hetero) is 1. The monoisotopic (exact) mass is 427 g/mol. The van der Waals surface area contributed by atoms with E-state index in [0.29, 0.717) is 32.6 Å². The van der Waals surface area contributed by atoms with Crippen LogP contribution in [-0.4, -0.2) is 22.5 Å². The van der Waals surface area contributed by atoms with Crippen LogP contribution in [0.5, 0.6) is 0 Å². The molecular formula is C22H16Cl2FN3O. The number of carbonyl (C=O) groups excluding carboxylic acids is 1. The molecule has 4 rings (SSSR count). The number of pyridine rings is 1. The van der Waals surface area contributed by atoms with Crippen molar-refractivity contribution in [1.29, 1.82) is 0 Å². The maximum Gasteiger partial charge on any atom is 0.189 e. The summed E-state index contributed by atoms with van der Waals surface area (Å²) in [5.74, 6) is -1.25. The molecule has 1 aliphatic heterocycles. The van der Waals surface area contributed by atoms with Gasteiger partial charge in [-0.1, -0.05) is 29.3 Å². The zero-order chi connectivity index (χ0) is 20.5. The van der Waals surface area contributed by atoms with Gasteiger partial charge >= 0.3 is 0 Å². The molecule has 146 valence electrons. The molecule has 0 fully saturated rings. The molecule has 1 aromatic heterocycles. The Morgan fingerprint density at radius 1 is 1.07 bits per heavy atom. The average Bonchev–Trinajstić information content (AvgIpc) is 3.05. The molecule has 0 radical (unpaired) electrons. The highest BCUT2D eigenvalue weighted by Crippen LogP contribution is 2.38. The van der Waals surface area contributed by atoms with Crippen molar-refractivity contribution < 1.29 is 9.18 Å². The van der Waals surface area contributed by atoms with Crippen LogP contribution in [0.2, 0.25) is 10.0 Å². The first kappa shape index (κ1) is 19.6. The van der Waals surface area contributed by atoms with E-state index in [-0.39, 0.29) is 5.78 Å². The van der Waals surface area contributed by atoms with Gasteiger partial charge < -0.3 is 0 Å². The lowest BCUT2D eigenvalue weighted by Gasteiger charge is -2.27. The Morgan fingerprint density at radius 2 is 1.79 bits per heavy atom. The second-order valence-corrected chi connectivity index (χ2v) is 7.63. The molecule has 4 nitrogen and oxygen atoms in total. The Kier molecular flexibility index (Phi) is 5.35. The summed E-state index contributed by atoms with van der Waals surface area (Å²) in [6.07, 6.45) is 3.10. The van der Waals surface area contributed by atoms with Crippen molar-refractivity contribution in [1.82, 2.24) is 4.98 Å². The fraction of sp³-hybridized carbons (Fsp3) is 0.136. The Bertz CT molecular complexity index is 1090. The summed E-state index contributed by atoms with van der Waals surface area (Å²) in [6, 6.07) is 14.1. The summed E-state index contributed by atoms with van der Waals surface area (Å²) in [4.78, 5) is 17.5. The smallest absolute Gasteiger partial charge is 0.189 e. The summed E-state index contributed by atoms with van der Waals surface area (Å²) in [5.41, 5.74) is 2.12. The molecule has 1 aliphatic rings. The minimum atomic E-state index is -0.768. The van der Waals surface area contributed by atoms with Gasteiger partial charge in [0.1, 0.15) is 11.9 Å². The third kappa shape index (κ3) is 3.76. The van der Waals surface area contributed by atoms with Gasteiger partial charge in [0.2, 0.25) is 0 Å². The first-order valence-corrected chi connectivity index (χ1v) is 9.70. The number of nitrogens with zero attached hydrogens (tertiary/aromatic N) is 3. The second-order valence-electron chi connectivity index (χ2n) is 6.76. The maximum absolute atomic E-state index is 14.8. The Morgan fingerprint density at radius 3 is 2.45 bits per heavy atom. The summed E-state index contributed by atoms with van der Waals surface area (Å²) in [6.45, 7) is 1.79. The lowest BCUT2D eigenvalue weighted by Crippen LogP contribution is -2.39. The van der Waals surface area contributed by atoms with E-state index in [1.165, 1.54) is 12.3 Å². The van der Waals surface area contributed by atoms with Crippen LogP contribution in [-0.2, 0) is 0 Å². The quantitative estimate of drug-likeness (QED) is 0.497. The molecule has 0 saturated heterocycles. The van der Waals surface area contributed by atoms with E-state index in [1.54, 1.807) is 66.7 Å². The van der Waals surface area contributed by atoms with E-state index in [2.05, 4.69) is 10.1 Å². The van der Waals surface area contributed by atoms with E-state index in [1.807, 2.05) is 0 Å². The number of benzene rings is 2. The number of rotatable bonds is 4. The molecule has 0 bridgehead atoms. The van der Waals surface area contributed by atoms with E-state index < -0.39 is 17.8 Å². The van der Waals surface area contributed by atoms with Gasteiger partial charge in [0, 0.05) is 33.7 Å². The van der Waals surface area contributed by atoms with Crippen molar-refractivity contribution in [3.05, 3.63) is 94.0 Å². The third-order valence-electron chi connectivity index (χ3n) is 4.90. The fourth-order valence-electron chi connectivity index (χ4n) is 3.57. The van der Waals surface area contributed by atoms with Crippen LogP contribution in [0.4, 0.5) is 10.1 Å². The highest BCUT2D eigenvalue weighted by atomic mass is 35.5. The lowest BCUT2D eigenvalue weighted by atomic mass is 9.84. The van der Waals surface area contributed by atoms with Gasteiger partial charge in [-0.25, -0.2) is 4.39 Å². The van der Waals surface area contributed by atoms with E-state index in [9.17, 15) is 9.18 Å². The maximum atomic E-state index is 14.8. The molecule has 2 atom stereocenters. The zero-order valence-corrected chi connectivity index (χ0v) is 16.9. The lowest BCUT2D eigenvalue weighted by molar-refractivity contribution is 0.0956. The molecule has 0 spiro atoms. The molecule has 3 aromatic rings. The van der Waals surface area contributed by atoms with Gasteiger partial charge in [0.15, 0.2) is 5.78 Å². The topological polar surface area (TPSA) is 45.6 Å². The highest BCUT2D eigenvalue weighted by Gasteiger charge is 2.43. The van der Waals surface area contributed by atoms with Gasteiger partial charge in [-0.2, -0.15) is 5.10 Å². The number of anilines is 1. The van der Waals surface area contributed by atoms with Crippen molar-refractivity contribution in [2.24, 2.45) is 5.10 Å². The molecule has 7 heteroatoms. The number of halogens is 3. The van der Waals surface area contributed by atoms with Crippen molar-refractivity contribution in [3.63, 3.8) is 0 Å². The molecule has 2 heterocycles. The van der Waals surface area contributed by atoms with Gasteiger partial charge in [0.25, 0.3) is 0 Å². The molecule has 0 aliphatic carbocycles. The van der Waals surface area contributed by atoms with Gasteiger partial charge in [-0.3, -0.25) is 14.8 Å². The van der Waals surface area contributed by atoms with Gasteiger partial charge in [-0.15, -0.1) is 0 Å². The Hall–Kier alpha value is -2.76. The molecule has 0 amide bonds. The van der Waals surface area contributed by atoms with Crippen LogP contribution < -0.4 is 5.01 Å². The first-order chi connectivity index (χ1) is 14.0. The van der Waals surface area contributed by atoms with Crippen LogP contribution >= 0.6 is 23.2 Å². The van der Waals surface area contributed by atoms with Gasteiger partial charge in [0.05, 0.1) is 11.6 Å². The summed E-state index contributed by atoms with van der Waals surface area (Å²) >= 11 is 11.9. The molecule has 0 N–H and O–H groups in total. The normalized spacial score (nSPS) is 18.6. The predicted octanol–water partition coefficient (Wildman–Crippen LogP) is 5.76. The highest BCUT2D eigenvalue weighted by molar-refractivity contribution is 6.31. The van der Waals surface area contributed by atoms with Gasteiger partial charge in [-0.05, 0) is 61.0 Å². The Labute approximate surface area is 177 Å². The van der Waals surface area contributed by atoms with Crippen molar-refractivity contribution in [2.45, 2.75) is 18.9 Å². The first-order valence-electron chi connectivity index (χ1n) is 8.95. The summed E-state index contributed by atoms with van der Waals surface area (Å²) < 4.78 is 14.8. The largest absolute Gasteiger partial charge is 0.292 e. The van der Waals surface area contributed by atoms with E-state index in [0.717, 1.165) is 0 Å². The van der Waals surface area contributed by atoms with Crippen LogP contribution in [0.3, 0.4) is 0 Å². The van der Waals surface area contributed by atoms with Crippen LogP contribution in [0.15, 0.2) is 72.1 Å². The van der Waals surface area contributed by atoms with Crippen LogP contribution in [0.1, 0.15) is 28.8 Å². The average molecular weight is 428 g/mol. The number of aromatic nitrogens is 1. The molecular weight excluding hydrogens is 412 g/mol. The molecule has 29 heavy (non-hydrogen) atoms. The van der Waals surface area contributed by atoms with E-state index in [4.69, 9.17) is 23.2 Å². The van der Waals surface area contributed by atoms with Crippen molar-refractivity contribution in [3.8, 4) is 0 Å². The SMILES string of the molecule is CC1=NN(c2ccc(Cl)cc2)C(C(=O)c2cccnc2)C1c1ccc(Cl)cc1F. The Balaban J connectivity index is 1.84. The van der Waals surface area contributed by atoms with E-state index >= 15 is 0 Å². The number of hydrogen-bond donors (Lipinski definition) is 0. The number of hydrazone groups is 1. The fourth-order valence-corrected chi connectivity index (χ4v) is 3.85. The summed E-state index contributed by atoms with van der Waals surface area (Å²) in [5, 5.41) is 7.10. The van der Waals surface area contributed by atoms with Crippen LogP contribution in [0, 0.1) is 5.82 Å². The zero-order valence-electron chi connectivity index (χ0n) is 15.4. The standard InChI is InChI=1S/C22H16Cl2FN3O/c1-13-20(18-9-6-16(24)11-19(18)25)21(22(29)14-3-2-10-26-12-14)28(27-13)17-7-4-15(23)5-8-17/h2-12,20-21H,1H3. The predicted molar refractivity (Wildman–Crippen MR) is 114 cm³/mol. The second kappa shape index (κ2) is 7.93. The van der Waals surface area contributed by atoms with Crippen LogP contribution in [0.25, 0.3) is 0 Å².